The first-order valence-electron chi connectivity index (χ1n) is 8.31. The van der Waals surface area contributed by atoms with Crippen molar-refractivity contribution in [2.45, 2.75) is 26.5 Å². The minimum atomic E-state index is -0.491. The third-order valence-corrected chi connectivity index (χ3v) is 3.79. The molecular weight excluding hydrogens is 332 g/mol. The van der Waals surface area contributed by atoms with Gasteiger partial charge in [-0.2, -0.15) is 0 Å². The van der Waals surface area contributed by atoms with Crippen LogP contribution >= 0.6 is 0 Å². The number of benzene rings is 2. The molecule has 0 N–H and O–H groups in total. The number of rotatable bonds is 7. The molecule has 0 aliphatic carbocycles. The first-order chi connectivity index (χ1) is 12.7. The lowest BCUT2D eigenvalue weighted by Gasteiger charge is -2.06. The summed E-state index contributed by atoms with van der Waals surface area (Å²) in [6, 6.07) is 15.4. The normalized spacial score (nSPS) is 10.5. The molecule has 0 radical (unpaired) electrons. The average molecular weight is 350 g/mol. The minimum Gasteiger partial charge on any atom is -0.454 e. The van der Waals surface area contributed by atoms with Crippen LogP contribution in [-0.2, 0) is 17.9 Å². The standard InChI is InChI=1S/C19H18N4O3/c1-2-12-23-17(20-21-22-23)13-26-19(25)16-10-8-15(9-11-16)18(24)14-6-4-3-5-7-14/h3-11H,2,12-13H2,1H3. The lowest BCUT2D eigenvalue weighted by Crippen LogP contribution is -2.11. The van der Waals surface area contributed by atoms with Crippen LogP contribution in [0.4, 0.5) is 0 Å². The molecule has 0 saturated heterocycles. The van der Waals surface area contributed by atoms with Gasteiger partial charge in [-0.15, -0.1) is 5.10 Å². The Morgan fingerprint density at radius 2 is 1.62 bits per heavy atom. The molecule has 0 aliphatic heterocycles. The van der Waals surface area contributed by atoms with Crippen LogP contribution in [-0.4, -0.2) is 32.0 Å². The summed E-state index contributed by atoms with van der Waals surface area (Å²) < 4.78 is 6.86. The average Bonchev–Trinajstić information content (AvgIpc) is 3.14. The quantitative estimate of drug-likeness (QED) is 0.481. The van der Waals surface area contributed by atoms with Crippen LogP contribution in [0.3, 0.4) is 0 Å². The number of hydrogen-bond donors (Lipinski definition) is 0. The molecule has 0 aliphatic rings. The molecule has 2 aromatic carbocycles. The zero-order chi connectivity index (χ0) is 18.4. The monoisotopic (exact) mass is 350 g/mol. The molecule has 3 rings (SSSR count). The topological polar surface area (TPSA) is 87.0 Å². The summed E-state index contributed by atoms with van der Waals surface area (Å²) in [6.07, 6.45) is 0.878. The number of esters is 1. The van der Waals surface area contributed by atoms with Gasteiger partial charge in [-0.05, 0) is 29.0 Å². The third kappa shape index (κ3) is 4.00. The molecule has 26 heavy (non-hydrogen) atoms. The zero-order valence-corrected chi connectivity index (χ0v) is 14.3. The second-order valence-electron chi connectivity index (χ2n) is 5.67. The van der Waals surface area contributed by atoms with Crippen molar-refractivity contribution in [3.63, 3.8) is 0 Å². The van der Waals surface area contributed by atoms with Crippen molar-refractivity contribution in [1.82, 2.24) is 20.2 Å². The fraction of sp³-hybridized carbons (Fsp3) is 0.211. The summed E-state index contributed by atoms with van der Waals surface area (Å²) in [5, 5.41) is 11.3. The number of tetrazole rings is 1. The highest BCUT2D eigenvalue weighted by Crippen LogP contribution is 2.12. The molecule has 1 aromatic heterocycles. The van der Waals surface area contributed by atoms with Gasteiger partial charge in [0.2, 0.25) is 0 Å². The van der Waals surface area contributed by atoms with E-state index in [0.29, 0.717) is 29.1 Å². The van der Waals surface area contributed by atoms with Crippen LogP contribution in [0.5, 0.6) is 0 Å². The maximum absolute atomic E-state index is 12.4. The summed E-state index contributed by atoms with van der Waals surface area (Å²) in [5.41, 5.74) is 1.48. The Morgan fingerprint density at radius 1 is 0.962 bits per heavy atom. The van der Waals surface area contributed by atoms with Crippen LogP contribution in [0.1, 0.15) is 45.4 Å². The molecule has 0 saturated carbocycles. The highest BCUT2D eigenvalue weighted by Gasteiger charge is 2.13. The third-order valence-electron chi connectivity index (χ3n) is 3.79. The van der Waals surface area contributed by atoms with Gasteiger partial charge in [0.1, 0.15) is 0 Å². The predicted molar refractivity (Wildman–Crippen MR) is 93.5 cm³/mol. The number of carbonyl (C=O) groups is 2. The number of hydrogen-bond acceptors (Lipinski definition) is 6. The molecule has 0 unspecified atom stereocenters. The highest BCUT2D eigenvalue weighted by molar-refractivity contribution is 6.09. The van der Waals surface area contributed by atoms with Crippen LogP contribution in [0.15, 0.2) is 54.6 Å². The van der Waals surface area contributed by atoms with E-state index in [1.165, 1.54) is 0 Å². The Labute approximate surface area is 150 Å². The summed E-state index contributed by atoms with van der Waals surface area (Å²) in [4.78, 5) is 24.5. The highest BCUT2D eigenvalue weighted by atomic mass is 16.5. The first-order valence-corrected chi connectivity index (χ1v) is 8.31. The van der Waals surface area contributed by atoms with Gasteiger partial charge in [0, 0.05) is 17.7 Å². The van der Waals surface area contributed by atoms with E-state index in [-0.39, 0.29) is 12.4 Å². The Bertz CT molecular complexity index is 889. The van der Waals surface area contributed by atoms with Crippen LogP contribution in [0, 0.1) is 0 Å². The van der Waals surface area contributed by atoms with E-state index >= 15 is 0 Å². The van der Waals surface area contributed by atoms with Gasteiger partial charge in [0.25, 0.3) is 0 Å². The van der Waals surface area contributed by atoms with Crippen LogP contribution < -0.4 is 0 Å². The van der Waals surface area contributed by atoms with Crippen molar-refractivity contribution in [3.8, 4) is 0 Å². The number of nitrogens with zero attached hydrogens (tertiary/aromatic N) is 4. The van der Waals surface area contributed by atoms with Gasteiger partial charge < -0.3 is 4.74 Å². The smallest absolute Gasteiger partial charge is 0.338 e. The van der Waals surface area contributed by atoms with Crippen molar-refractivity contribution < 1.29 is 14.3 Å². The molecule has 1 heterocycles. The van der Waals surface area contributed by atoms with Crippen molar-refractivity contribution in [2.75, 3.05) is 0 Å². The zero-order valence-electron chi connectivity index (χ0n) is 14.3. The van der Waals surface area contributed by atoms with Crippen molar-refractivity contribution in [2.24, 2.45) is 0 Å². The number of aromatic nitrogens is 4. The van der Waals surface area contributed by atoms with Crippen molar-refractivity contribution >= 4 is 11.8 Å². The Kier molecular flexibility index (Phi) is 5.48. The molecule has 0 fully saturated rings. The second kappa shape index (κ2) is 8.15. The molecule has 0 atom stereocenters. The fourth-order valence-electron chi connectivity index (χ4n) is 2.44. The van der Waals surface area contributed by atoms with Crippen LogP contribution in [0.25, 0.3) is 0 Å². The summed E-state index contributed by atoms with van der Waals surface area (Å²) in [7, 11) is 0. The minimum absolute atomic E-state index is 0.00344. The summed E-state index contributed by atoms with van der Waals surface area (Å²) in [6.45, 7) is 2.67. The molecule has 7 nitrogen and oxygen atoms in total. The lowest BCUT2D eigenvalue weighted by atomic mass is 10.0. The molecule has 7 heteroatoms. The Balaban J connectivity index is 1.63. The summed E-state index contributed by atoms with van der Waals surface area (Å²) in [5.74, 6) is -0.0879. The molecule has 0 spiro atoms. The van der Waals surface area contributed by atoms with E-state index < -0.39 is 5.97 Å². The van der Waals surface area contributed by atoms with E-state index in [9.17, 15) is 9.59 Å². The van der Waals surface area contributed by atoms with Crippen LogP contribution in [0.2, 0.25) is 0 Å². The summed E-state index contributed by atoms with van der Waals surface area (Å²) >= 11 is 0. The molecule has 132 valence electrons. The van der Waals surface area contributed by atoms with E-state index in [0.717, 1.165) is 6.42 Å². The van der Waals surface area contributed by atoms with E-state index in [4.69, 9.17) is 4.74 Å². The largest absolute Gasteiger partial charge is 0.454 e. The maximum atomic E-state index is 12.4. The SMILES string of the molecule is CCCn1nnnc1COC(=O)c1ccc(C(=O)c2ccccc2)cc1. The number of ether oxygens (including phenoxy) is 1. The second-order valence-corrected chi connectivity index (χ2v) is 5.67. The van der Waals surface area contributed by atoms with Gasteiger partial charge in [0.05, 0.1) is 5.56 Å². The Morgan fingerprint density at radius 3 is 2.31 bits per heavy atom. The predicted octanol–water partition coefficient (Wildman–Crippen LogP) is 2.67. The van der Waals surface area contributed by atoms with Gasteiger partial charge in [0.15, 0.2) is 18.2 Å². The van der Waals surface area contributed by atoms with Gasteiger partial charge >= 0.3 is 5.97 Å². The maximum Gasteiger partial charge on any atom is 0.338 e. The van der Waals surface area contributed by atoms with Crippen molar-refractivity contribution in [3.05, 3.63) is 77.1 Å². The van der Waals surface area contributed by atoms with E-state index in [1.54, 1.807) is 41.1 Å². The molecule has 0 amide bonds. The first kappa shape index (κ1) is 17.5. The number of aryl methyl sites for hydroxylation is 1. The van der Waals surface area contributed by atoms with E-state index in [2.05, 4.69) is 15.5 Å². The lowest BCUT2D eigenvalue weighted by molar-refractivity contribution is 0.0456. The molecule has 0 bridgehead atoms. The Hall–Kier alpha value is -3.35. The fourth-order valence-corrected chi connectivity index (χ4v) is 2.44. The number of ketones is 1. The van der Waals surface area contributed by atoms with Crippen molar-refractivity contribution in [1.29, 1.82) is 0 Å². The van der Waals surface area contributed by atoms with Gasteiger partial charge in [-0.1, -0.05) is 49.4 Å². The van der Waals surface area contributed by atoms with Gasteiger partial charge in [-0.3, -0.25) is 4.79 Å². The van der Waals surface area contributed by atoms with Gasteiger partial charge in [-0.25, -0.2) is 9.48 Å². The number of carbonyl (C=O) groups excluding carboxylic acids is 2. The molecule has 3 aromatic rings. The van der Waals surface area contributed by atoms with E-state index in [1.807, 2.05) is 25.1 Å². The molecular formula is C19H18N4O3.